The molecule has 0 aromatic heterocycles. The molecule has 2 nitrogen and oxygen atoms in total. The fourth-order valence-electron chi connectivity index (χ4n) is 2.26. The summed E-state index contributed by atoms with van der Waals surface area (Å²) in [6.45, 7) is 6.36. The third kappa shape index (κ3) is 3.27. The quantitative estimate of drug-likeness (QED) is 0.748. The van der Waals surface area contributed by atoms with Crippen LogP contribution in [0.5, 0.6) is 5.75 Å². The molecule has 1 atom stereocenters. The minimum atomic E-state index is 0.139. The molecular formula is C18H21NO. The summed E-state index contributed by atoms with van der Waals surface area (Å²) in [6, 6.07) is 14.5. The first kappa shape index (κ1) is 14.3. The molecule has 0 fully saturated rings. The van der Waals surface area contributed by atoms with Crippen LogP contribution >= 0.6 is 0 Å². The van der Waals surface area contributed by atoms with E-state index in [0.717, 1.165) is 11.3 Å². The molecule has 0 amide bonds. The van der Waals surface area contributed by atoms with Gasteiger partial charge in [0.05, 0.1) is 13.2 Å². The lowest BCUT2D eigenvalue weighted by Crippen LogP contribution is -1.96. The number of methoxy groups -OCH3 is 1. The Bertz CT molecular complexity index is 617. The van der Waals surface area contributed by atoms with E-state index in [1.54, 1.807) is 7.11 Å². The van der Waals surface area contributed by atoms with Crippen LogP contribution in [0.1, 0.15) is 35.2 Å². The molecule has 0 unspecified atom stereocenters. The van der Waals surface area contributed by atoms with Crippen molar-refractivity contribution in [2.75, 3.05) is 7.11 Å². The maximum atomic E-state index is 5.33. The second kappa shape index (κ2) is 6.38. The van der Waals surface area contributed by atoms with Crippen LogP contribution in [0.15, 0.2) is 47.5 Å². The molecule has 0 bridgehead atoms. The fraction of sp³-hybridized carbons (Fsp3) is 0.278. The third-order valence-corrected chi connectivity index (χ3v) is 3.46. The Labute approximate surface area is 121 Å². The Balaban J connectivity index is 2.24. The van der Waals surface area contributed by atoms with E-state index in [4.69, 9.17) is 4.74 Å². The molecule has 20 heavy (non-hydrogen) atoms. The van der Waals surface area contributed by atoms with Gasteiger partial charge < -0.3 is 4.74 Å². The summed E-state index contributed by atoms with van der Waals surface area (Å²) in [4.78, 5) is 4.67. The van der Waals surface area contributed by atoms with Gasteiger partial charge in [0.15, 0.2) is 0 Å². The Hall–Kier alpha value is -2.09. The van der Waals surface area contributed by atoms with Crippen molar-refractivity contribution >= 4 is 6.21 Å². The van der Waals surface area contributed by atoms with Crippen LogP contribution in [0.4, 0.5) is 0 Å². The Morgan fingerprint density at radius 1 is 1.10 bits per heavy atom. The van der Waals surface area contributed by atoms with E-state index < -0.39 is 0 Å². The molecule has 0 aliphatic carbocycles. The van der Waals surface area contributed by atoms with E-state index in [1.807, 2.05) is 30.5 Å². The van der Waals surface area contributed by atoms with Gasteiger partial charge in [-0.05, 0) is 44.0 Å². The molecule has 0 heterocycles. The van der Waals surface area contributed by atoms with Crippen LogP contribution in [0.3, 0.4) is 0 Å². The van der Waals surface area contributed by atoms with Crippen LogP contribution in [0, 0.1) is 13.8 Å². The maximum absolute atomic E-state index is 5.33. The van der Waals surface area contributed by atoms with Crippen LogP contribution in [-0.2, 0) is 0 Å². The topological polar surface area (TPSA) is 21.6 Å². The molecule has 0 radical (unpaired) electrons. The van der Waals surface area contributed by atoms with Crippen molar-refractivity contribution in [3.63, 3.8) is 0 Å². The van der Waals surface area contributed by atoms with Gasteiger partial charge >= 0.3 is 0 Å². The van der Waals surface area contributed by atoms with E-state index >= 15 is 0 Å². The highest BCUT2D eigenvalue weighted by molar-refractivity contribution is 5.83. The number of nitrogens with zero attached hydrogens (tertiary/aromatic N) is 1. The zero-order valence-corrected chi connectivity index (χ0v) is 12.6. The van der Waals surface area contributed by atoms with Gasteiger partial charge in [-0.3, -0.25) is 4.99 Å². The average molecular weight is 267 g/mol. The van der Waals surface area contributed by atoms with Crippen LogP contribution < -0.4 is 4.74 Å². The highest BCUT2D eigenvalue weighted by Gasteiger charge is 2.07. The molecular weight excluding hydrogens is 246 g/mol. The van der Waals surface area contributed by atoms with Crippen molar-refractivity contribution in [3.05, 3.63) is 64.7 Å². The summed E-state index contributed by atoms with van der Waals surface area (Å²) in [5.41, 5.74) is 4.83. The first-order valence-electron chi connectivity index (χ1n) is 6.85. The number of hydrogen-bond acceptors (Lipinski definition) is 2. The standard InChI is InChI=1S/C18H21NO/c1-13-9-10-14(2)17(11-13)15(3)19-12-16-7-5-6-8-18(16)20-4/h5-12,15H,1-4H3/t15-/m0/s1. The van der Waals surface area contributed by atoms with Crippen LogP contribution in [0.25, 0.3) is 0 Å². The molecule has 0 aliphatic rings. The lowest BCUT2D eigenvalue weighted by Gasteiger charge is -2.11. The van der Waals surface area contributed by atoms with Gasteiger partial charge in [-0.2, -0.15) is 0 Å². The maximum Gasteiger partial charge on any atom is 0.127 e. The van der Waals surface area contributed by atoms with Gasteiger partial charge in [0, 0.05) is 11.8 Å². The van der Waals surface area contributed by atoms with E-state index in [2.05, 4.69) is 44.0 Å². The number of benzene rings is 2. The molecule has 2 aromatic rings. The van der Waals surface area contributed by atoms with E-state index in [9.17, 15) is 0 Å². The predicted octanol–water partition coefficient (Wildman–Crippen LogP) is 4.49. The number of aryl methyl sites for hydroxylation is 2. The molecule has 0 saturated carbocycles. The number of aliphatic imine (C=N–C) groups is 1. The molecule has 2 heteroatoms. The van der Waals surface area contributed by atoms with Crippen molar-refractivity contribution in [1.82, 2.24) is 0 Å². The minimum absolute atomic E-state index is 0.139. The summed E-state index contributed by atoms with van der Waals surface area (Å²) in [6.07, 6.45) is 1.89. The summed E-state index contributed by atoms with van der Waals surface area (Å²) in [7, 11) is 1.68. The molecule has 0 spiro atoms. The van der Waals surface area contributed by atoms with E-state index in [0.29, 0.717) is 0 Å². The van der Waals surface area contributed by atoms with Crippen molar-refractivity contribution in [1.29, 1.82) is 0 Å². The average Bonchev–Trinajstić information content (AvgIpc) is 2.47. The lowest BCUT2D eigenvalue weighted by molar-refractivity contribution is 0.414. The smallest absolute Gasteiger partial charge is 0.127 e. The Morgan fingerprint density at radius 3 is 2.60 bits per heavy atom. The summed E-state index contributed by atoms with van der Waals surface area (Å²) in [5.74, 6) is 0.851. The zero-order valence-electron chi connectivity index (χ0n) is 12.6. The molecule has 0 saturated heterocycles. The van der Waals surface area contributed by atoms with Crippen molar-refractivity contribution < 1.29 is 4.74 Å². The molecule has 2 aromatic carbocycles. The minimum Gasteiger partial charge on any atom is -0.496 e. The molecule has 0 N–H and O–H groups in total. The predicted molar refractivity (Wildman–Crippen MR) is 84.9 cm³/mol. The number of para-hydroxylation sites is 1. The molecule has 104 valence electrons. The summed E-state index contributed by atoms with van der Waals surface area (Å²) in [5, 5.41) is 0. The zero-order chi connectivity index (χ0) is 14.5. The third-order valence-electron chi connectivity index (χ3n) is 3.46. The lowest BCUT2D eigenvalue weighted by atomic mass is 10.0. The van der Waals surface area contributed by atoms with Gasteiger partial charge in [0.25, 0.3) is 0 Å². The second-order valence-electron chi connectivity index (χ2n) is 5.06. The van der Waals surface area contributed by atoms with E-state index in [1.165, 1.54) is 16.7 Å². The molecule has 2 rings (SSSR count). The normalized spacial score (nSPS) is 12.6. The van der Waals surface area contributed by atoms with Crippen LogP contribution in [0.2, 0.25) is 0 Å². The first-order valence-corrected chi connectivity index (χ1v) is 6.85. The first-order chi connectivity index (χ1) is 9.61. The van der Waals surface area contributed by atoms with Gasteiger partial charge in [-0.25, -0.2) is 0 Å². The van der Waals surface area contributed by atoms with Gasteiger partial charge in [0.1, 0.15) is 5.75 Å². The SMILES string of the molecule is COc1ccccc1C=N[C@@H](C)c1cc(C)ccc1C. The number of rotatable bonds is 4. The van der Waals surface area contributed by atoms with Gasteiger partial charge in [-0.1, -0.05) is 35.9 Å². The monoisotopic (exact) mass is 267 g/mol. The van der Waals surface area contributed by atoms with Crippen LogP contribution in [-0.4, -0.2) is 13.3 Å². The Kier molecular flexibility index (Phi) is 4.57. The number of ether oxygens (including phenoxy) is 1. The van der Waals surface area contributed by atoms with Crippen molar-refractivity contribution in [2.24, 2.45) is 4.99 Å². The van der Waals surface area contributed by atoms with Gasteiger partial charge in [-0.15, -0.1) is 0 Å². The fourth-order valence-corrected chi connectivity index (χ4v) is 2.26. The van der Waals surface area contributed by atoms with Crippen molar-refractivity contribution in [2.45, 2.75) is 26.8 Å². The summed E-state index contributed by atoms with van der Waals surface area (Å²) < 4.78 is 5.33. The van der Waals surface area contributed by atoms with Gasteiger partial charge in [0.2, 0.25) is 0 Å². The van der Waals surface area contributed by atoms with E-state index in [-0.39, 0.29) is 6.04 Å². The summed E-state index contributed by atoms with van der Waals surface area (Å²) >= 11 is 0. The second-order valence-corrected chi connectivity index (χ2v) is 5.06. The highest BCUT2D eigenvalue weighted by atomic mass is 16.5. The largest absolute Gasteiger partial charge is 0.496 e. The molecule has 0 aliphatic heterocycles. The highest BCUT2D eigenvalue weighted by Crippen LogP contribution is 2.23. The van der Waals surface area contributed by atoms with Crippen molar-refractivity contribution in [3.8, 4) is 5.75 Å². The number of hydrogen-bond donors (Lipinski definition) is 0. The Morgan fingerprint density at radius 2 is 1.85 bits per heavy atom.